The van der Waals surface area contributed by atoms with Gasteiger partial charge >= 0.3 is 0 Å². The predicted molar refractivity (Wildman–Crippen MR) is 129 cm³/mol. The average molecular weight is 426 g/mol. The maximum absolute atomic E-state index is 13.7. The van der Waals surface area contributed by atoms with Crippen molar-refractivity contribution in [2.45, 2.75) is 57.8 Å². The summed E-state index contributed by atoms with van der Waals surface area (Å²) in [5, 5.41) is 9.11. The predicted octanol–water partition coefficient (Wildman–Crippen LogP) is 6.21. The maximum Gasteiger partial charge on any atom is 0.170 e. The molecule has 2 heterocycles. The Balaban J connectivity index is 1.64. The van der Waals surface area contributed by atoms with Crippen molar-refractivity contribution in [1.29, 1.82) is 5.26 Å². The van der Waals surface area contributed by atoms with Gasteiger partial charge in [-0.25, -0.2) is 4.99 Å². The summed E-state index contributed by atoms with van der Waals surface area (Å²) >= 11 is 0. The van der Waals surface area contributed by atoms with Gasteiger partial charge in [0.05, 0.1) is 17.6 Å². The Hall–Kier alpha value is -3.19. The Labute approximate surface area is 191 Å². The van der Waals surface area contributed by atoms with Crippen molar-refractivity contribution in [2.24, 2.45) is 4.99 Å². The van der Waals surface area contributed by atoms with Gasteiger partial charge in [-0.3, -0.25) is 4.79 Å². The molecule has 0 aromatic heterocycles. The molecule has 0 spiro atoms. The van der Waals surface area contributed by atoms with Gasteiger partial charge in [-0.05, 0) is 48.4 Å². The van der Waals surface area contributed by atoms with E-state index in [0.29, 0.717) is 23.5 Å². The standard InChI is InChI=1S/C28H31N3O/c1-20(2)24-8-4-5-9-25(24)26(28(32)22-12-10-21(19-29)11-13-22)18-23-14-15-27(30-23)31-16-6-3-7-17-31/h4-5,8-14,20,26H,3,6-7,15-18H2,1-2H3. The molecular formula is C28H31N3O. The average Bonchev–Trinajstić information content (AvgIpc) is 3.31. The lowest BCUT2D eigenvalue weighted by atomic mass is 9.82. The monoisotopic (exact) mass is 425 g/mol. The fourth-order valence-corrected chi connectivity index (χ4v) is 4.76. The minimum atomic E-state index is -0.294. The largest absolute Gasteiger partial charge is 0.360 e. The Morgan fingerprint density at radius 3 is 2.38 bits per heavy atom. The number of carbonyl (C=O) groups is 1. The van der Waals surface area contributed by atoms with Crippen LogP contribution in [0.4, 0.5) is 0 Å². The lowest BCUT2D eigenvalue weighted by molar-refractivity contribution is 0.0958. The number of amidine groups is 1. The molecule has 1 unspecified atom stereocenters. The lowest BCUT2D eigenvalue weighted by Gasteiger charge is -2.28. The summed E-state index contributed by atoms with van der Waals surface area (Å²) in [7, 11) is 0. The number of likely N-dealkylation sites (tertiary alicyclic amines) is 1. The number of Topliss-reactive ketones (excluding diaryl/α,β-unsaturated/α-hetero) is 1. The van der Waals surface area contributed by atoms with Crippen LogP contribution in [0.25, 0.3) is 0 Å². The van der Waals surface area contributed by atoms with Crippen molar-refractivity contribution < 1.29 is 4.79 Å². The minimum absolute atomic E-state index is 0.0881. The molecule has 2 aliphatic heterocycles. The number of nitrogens with zero attached hydrogens (tertiary/aromatic N) is 3. The van der Waals surface area contributed by atoms with Crippen LogP contribution in [-0.4, -0.2) is 29.6 Å². The Kier molecular flexibility index (Phi) is 6.85. The number of hydrogen-bond acceptors (Lipinski definition) is 4. The van der Waals surface area contributed by atoms with Crippen LogP contribution in [0.2, 0.25) is 0 Å². The maximum atomic E-state index is 13.7. The second kappa shape index (κ2) is 9.96. The van der Waals surface area contributed by atoms with Crippen LogP contribution in [0.5, 0.6) is 0 Å². The van der Waals surface area contributed by atoms with Crippen molar-refractivity contribution in [2.75, 3.05) is 13.1 Å². The van der Waals surface area contributed by atoms with Crippen molar-refractivity contribution in [3.05, 3.63) is 82.6 Å². The number of ketones is 1. The number of aliphatic imine (C=N–C) groups is 1. The van der Waals surface area contributed by atoms with Gasteiger partial charge < -0.3 is 4.90 Å². The van der Waals surface area contributed by atoms with Crippen molar-refractivity contribution >= 4 is 11.6 Å². The van der Waals surface area contributed by atoms with Gasteiger partial charge in [-0.15, -0.1) is 0 Å². The van der Waals surface area contributed by atoms with Gasteiger partial charge in [0.15, 0.2) is 5.78 Å². The fraction of sp³-hybridized carbons (Fsp3) is 0.393. The number of benzene rings is 2. The SMILES string of the molecule is CC(C)c1ccccc1C(CC1=CCC(N2CCCCC2)=N1)C(=O)c1ccc(C#N)cc1. The molecule has 1 atom stereocenters. The molecular weight excluding hydrogens is 394 g/mol. The smallest absolute Gasteiger partial charge is 0.170 e. The van der Waals surface area contributed by atoms with E-state index in [1.165, 1.54) is 24.8 Å². The normalized spacial score (nSPS) is 17.0. The summed E-state index contributed by atoms with van der Waals surface area (Å²) < 4.78 is 0. The van der Waals surface area contributed by atoms with Crippen LogP contribution in [0, 0.1) is 11.3 Å². The highest BCUT2D eigenvalue weighted by Gasteiger charge is 2.28. The highest BCUT2D eigenvalue weighted by atomic mass is 16.1. The van der Waals surface area contributed by atoms with Gasteiger partial charge in [0.25, 0.3) is 0 Å². The Morgan fingerprint density at radius 2 is 1.72 bits per heavy atom. The molecule has 4 rings (SSSR count). The van der Waals surface area contributed by atoms with Crippen molar-refractivity contribution in [1.82, 2.24) is 4.90 Å². The van der Waals surface area contributed by atoms with E-state index in [2.05, 4.69) is 43.0 Å². The van der Waals surface area contributed by atoms with E-state index in [-0.39, 0.29) is 11.7 Å². The van der Waals surface area contributed by atoms with E-state index in [9.17, 15) is 4.79 Å². The van der Waals surface area contributed by atoms with Gasteiger partial charge in [0, 0.05) is 37.2 Å². The van der Waals surface area contributed by atoms with E-state index in [0.717, 1.165) is 36.6 Å². The molecule has 0 amide bonds. The van der Waals surface area contributed by atoms with E-state index < -0.39 is 0 Å². The summed E-state index contributed by atoms with van der Waals surface area (Å²) in [4.78, 5) is 21.1. The fourth-order valence-electron chi connectivity index (χ4n) is 4.76. The van der Waals surface area contributed by atoms with E-state index in [1.807, 2.05) is 12.1 Å². The lowest BCUT2D eigenvalue weighted by Crippen LogP contribution is -2.34. The van der Waals surface area contributed by atoms with E-state index >= 15 is 0 Å². The van der Waals surface area contributed by atoms with Crippen molar-refractivity contribution in [3.8, 4) is 6.07 Å². The third-order valence-electron chi connectivity index (χ3n) is 6.54. The molecule has 1 saturated heterocycles. The first-order valence-corrected chi connectivity index (χ1v) is 11.7. The molecule has 0 radical (unpaired) electrons. The molecule has 4 heteroatoms. The quantitative estimate of drug-likeness (QED) is 0.517. The third kappa shape index (κ3) is 4.83. The number of rotatable bonds is 6. The summed E-state index contributed by atoms with van der Waals surface area (Å²) in [5.41, 5.74) is 4.51. The molecule has 4 nitrogen and oxygen atoms in total. The molecule has 2 aromatic rings. The zero-order chi connectivity index (χ0) is 22.5. The molecule has 0 aliphatic carbocycles. The van der Waals surface area contributed by atoms with Gasteiger partial charge in [-0.1, -0.05) is 56.3 Å². The molecule has 32 heavy (non-hydrogen) atoms. The molecule has 1 fully saturated rings. The first-order chi connectivity index (χ1) is 15.6. The number of allylic oxidation sites excluding steroid dienone is 1. The summed E-state index contributed by atoms with van der Waals surface area (Å²) in [5.74, 6) is 1.27. The van der Waals surface area contributed by atoms with Crippen LogP contribution >= 0.6 is 0 Å². The molecule has 2 aliphatic rings. The van der Waals surface area contributed by atoms with Crippen LogP contribution < -0.4 is 0 Å². The summed E-state index contributed by atoms with van der Waals surface area (Å²) in [6, 6.07) is 17.4. The van der Waals surface area contributed by atoms with Gasteiger partial charge in [0.1, 0.15) is 5.84 Å². The molecule has 0 saturated carbocycles. The zero-order valence-electron chi connectivity index (χ0n) is 19.1. The Morgan fingerprint density at radius 1 is 1.03 bits per heavy atom. The second-order valence-electron chi connectivity index (χ2n) is 9.07. The molecule has 164 valence electrons. The van der Waals surface area contributed by atoms with Crippen LogP contribution in [0.1, 0.15) is 84.8 Å². The second-order valence-corrected chi connectivity index (χ2v) is 9.07. The van der Waals surface area contributed by atoms with Gasteiger partial charge in [0.2, 0.25) is 0 Å². The molecule has 2 aromatic carbocycles. The van der Waals surface area contributed by atoms with E-state index in [4.69, 9.17) is 10.3 Å². The number of carbonyl (C=O) groups excluding carboxylic acids is 1. The van der Waals surface area contributed by atoms with E-state index in [1.54, 1.807) is 24.3 Å². The first kappa shape index (κ1) is 22.0. The number of hydrogen-bond donors (Lipinski definition) is 0. The molecule has 0 bridgehead atoms. The topological polar surface area (TPSA) is 56.5 Å². The third-order valence-corrected chi connectivity index (χ3v) is 6.54. The zero-order valence-corrected chi connectivity index (χ0v) is 19.1. The first-order valence-electron chi connectivity index (χ1n) is 11.7. The number of nitriles is 1. The number of piperidine rings is 1. The molecule has 0 N–H and O–H groups in total. The van der Waals surface area contributed by atoms with Crippen LogP contribution in [0.15, 0.2) is 65.3 Å². The Bertz CT molecular complexity index is 1070. The van der Waals surface area contributed by atoms with Gasteiger partial charge in [-0.2, -0.15) is 5.26 Å². The van der Waals surface area contributed by atoms with Crippen molar-refractivity contribution in [3.63, 3.8) is 0 Å². The minimum Gasteiger partial charge on any atom is -0.360 e. The van der Waals surface area contributed by atoms with Crippen LogP contribution in [0.3, 0.4) is 0 Å². The van der Waals surface area contributed by atoms with Crippen LogP contribution in [-0.2, 0) is 0 Å². The highest BCUT2D eigenvalue weighted by Crippen LogP contribution is 2.35. The highest BCUT2D eigenvalue weighted by molar-refractivity contribution is 6.01. The summed E-state index contributed by atoms with van der Waals surface area (Å²) in [6.45, 7) is 6.51. The summed E-state index contributed by atoms with van der Waals surface area (Å²) in [6.07, 6.45) is 7.42.